The third kappa shape index (κ3) is 4.20. The summed E-state index contributed by atoms with van der Waals surface area (Å²) in [6.07, 6.45) is 0. The Morgan fingerprint density at radius 1 is 0.909 bits per heavy atom. The van der Waals surface area contributed by atoms with Crippen molar-refractivity contribution in [2.75, 3.05) is 31.9 Å². The molecule has 0 spiro atoms. The maximum Gasteiger partial charge on any atom is 0.218 e. The van der Waals surface area contributed by atoms with E-state index in [1.165, 1.54) is 8.61 Å². The molecule has 1 fully saturated rings. The van der Waals surface area contributed by atoms with E-state index in [0.29, 0.717) is 10.6 Å². The van der Waals surface area contributed by atoms with Gasteiger partial charge in [0, 0.05) is 31.2 Å². The van der Waals surface area contributed by atoms with Crippen LogP contribution in [0.5, 0.6) is 0 Å². The smallest absolute Gasteiger partial charge is 0.212 e. The molecule has 0 N–H and O–H groups in total. The van der Waals surface area contributed by atoms with Gasteiger partial charge in [-0.15, -0.1) is 0 Å². The lowest BCUT2D eigenvalue weighted by molar-refractivity contribution is 0.273. The van der Waals surface area contributed by atoms with Gasteiger partial charge in [-0.25, -0.2) is 16.8 Å². The van der Waals surface area contributed by atoms with Crippen LogP contribution in [0.1, 0.15) is 12.5 Å². The van der Waals surface area contributed by atoms with Crippen molar-refractivity contribution in [2.24, 2.45) is 0 Å². The highest BCUT2D eigenvalue weighted by atomic mass is 35.5. The summed E-state index contributed by atoms with van der Waals surface area (Å²) in [4.78, 5) is 0. The summed E-state index contributed by atoms with van der Waals surface area (Å²) >= 11 is 5.78. The molecule has 0 radical (unpaired) electrons. The number of sulfonamides is 2. The molecule has 1 aromatic rings. The van der Waals surface area contributed by atoms with E-state index in [0.717, 1.165) is 0 Å². The van der Waals surface area contributed by atoms with Crippen LogP contribution in [-0.4, -0.2) is 57.4 Å². The van der Waals surface area contributed by atoms with Crippen LogP contribution >= 0.6 is 11.6 Å². The Bertz CT molecular complexity index is 709. The number of hydrogen-bond acceptors (Lipinski definition) is 4. The Labute approximate surface area is 136 Å². The molecule has 1 aliphatic heterocycles. The van der Waals surface area contributed by atoms with Crippen molar-refractivity contribution in [1.29, 1.82) is 0 Å². The van der Waals surface area contributed by atoms with Crippen LogP contribution in [0.15, 0.2) is 24.3 Å². The molecule has 1 aromatic carbocycles. The molecule has 0 saturated carbocycles. The molecule has 6 nitrogen and oxygen atoms in total. The third-order valence-corrected chi connectivity index (χ3v) is 7.60. The molecule has 124 valence electrons. The first-order valence-corrected chi connectivity index (χ1v) is 10.5. The van der Waals surface area contributed by atoms with Crippen LogP contribution in [0.3, 0.4) is 0 Å². The fourth-order valence-corrected chi connectivity index (χ4v) is 5.02. The summed E-state index contributed by atoms with van der Waals surface area (Å²) in [5.41, 5.74) is 0.660. The Morgan fingerprint density at radius 2 is 1.36 bits per heavy atom. The zero-order chi connectivity index (χ0) is 16.4. The second-order valence-corrected chi connectivity index (χ2v) is 9.74. The molecule has 1 saturated heterocycles. The van der Waals surface area contributed by atoms with Gasteiger partial charge >= 0.3 is 0 Å². The van der Waals surface area contributed by atoms with Crippen molar-refractivity contribution in [2.45, 2.75) is 12.7 Å². The average Bonchev–Trinajstić information content (AvgIpc) is 2.49. The second kappa shape index (κ2) is 6.84. The van der Waals surface area contributed by atoms with Gasteiger partial charge in [0.2, 0.25) is 20.0 Å². The minimum atomic E-state index is -3.46. The summed E-state index contributed by atoms with van der Waals surface area (Å²) in [5, 5.41) is 0.555. The topological polar surface area (TPSA) is 74.8 Å². The highest BCUT2D eigenvalue weighted by Crippen LogP contribution is 2.17. The number of hydrogen-bond donors (Lipinski definition) is 0. The summed E-state index contributed by atoms with van der Waals surface area (Å²) in [7, 11) is -6.71. The molecule has 0 amide bonds. The van der Waals surface area contributed by atoms with Crippen molar-refractivity contribution in [3.8, 4) is 0 Å². The zero-order valence-electron chi connectivity index (χ0n) is 12.3. The number of rotatable bonds is 5. The molecular weight excluding hydrogens is 348 g/mol. The standard InChI is InChI=1S/C13H19ClN2O4S2/c1-2-21(17,18)15-7-9-16(10-8-15)22(19,20)11-12-3-5-13(14)6-4-12/h3-6H,2,7-11H2,1H3. The molecule has 9 heteroatoms. The minimum Gasteiger partial charge on any atom is -0.212 e. The predicted molar refractivity (Wildman–Crippen MR) is 86.7 cm³/mol. The van der Waals surface area contributed by atoms with E-state index in [9.17, 15) is 16.8 Å². The molecule has 0 aromatic heterocycles. The Kier molecular flexibility index (Phi) is 5.50. The molecule has 0 unspecified atom stereocenters. The van der Waals surface area contributed by atoms with Crippen molar-refractivity contribution in [3.05, 3.63) is 34.9 Å². The van der Waals surface area contributed by atoms with Crippen molar-refractivity contribution < 1.29 is 16.8 Å². The van der Waals surface area contributed by atoms with Crippen molar-refractivity contribution in [3.63, 3.8) is 0 Å². The van der Waals surface area contributed by atoms with E-state index in [4.69, 9.17) is 11.6 Å². The van der Waals surface area contributed by atoms with E-state index in [2.05, 4.69) is 0 Å². The molecule has 0 atom stereocenters. The normalized spacial score (nSPS) is 18.5. The molecule has 0 bridgehead atoms. The molecule has 2 rings (SSSR count). The molecule has 0 aliphatic carbocycles. The first kappa shape index (κ1) is 17.7. The SMILES string of the molecule is CCS(=O)(=O)N1CCN(S(=O)(=O)Cc2ccc(Cl)cc2)CC1. The monoisotopic (exact) mass is 366 g/mol. The highest BCUT2D eigenvalue weighted by Gasteiger charge is 2.31. The van der Waals surface area contributed by atoms with Gasteiger partial charge in [-0.3, -0.25) is 0 Å². The van der Waals surface area contributed by atoms with Gasteiger partial charge < -0.3 is 0 Å². The van der Waals surface area contributed by atoms with E-state index >= 15 is 0 Å². The second-order valence-electron chi connectivity index (χ2n) is 5.08. The van der Waals surface area contributed by atoms with Gasteiger partial charge in [-0.2, -0.15) is 8.61 Å². The first-order chi connectivity index (χ1) is 10.2. The van der Waals surface area contributed by atoms with Crippen molar-refractivity contribution in [1.82, 2.24) is 8.61 Å². The van der Waals surface area contributed by atoms with Gasteiger partial charge in [0.1, 0.15) is 0 Å². The fourth-order valence-electron chi connectivity index (χ4n) is 2.29. The Balaban J connectivity index is 2.02. The Morgan fingerprint density at radius 3 is 1.82 bits per heavy atom. The first-order valence-electron chi connectivity index (χ1n) is 6.95. The van der Waals surface area contributed by atoms with Gasteiger partial charge in [0.05, 0.1) is 11.5 Å². The molecule has 1 aliphatic rings. The third-order valence-electron chi connectivity index (χ3n) is 3.61. The fraction of sp³-hybridized carbons (Fsp3) is 0.538. The van der Waals surface area contributed by atoms with Gasteiger partial charge in [-0.05, 0) is 24.6 Å². The number of piperazine rings is 1. The minimum absolute atomic E-state index is 0.0323. The summed E-state index contributed by atoms with van der Waals surface area (Å²) in [6.45, 7) is 2.37. The predicted octanol–water partition coefficient (Wildman–Crippen LogP) is 1.14. The van der Waals surface area contributed by atoms with Crippen LogP contribution in [-0.2, 0) is 25.8 Å². The average molecular weight is 367 g/mol. The van der Waals surface area contributed by atoms with Crippen LogP contribution in [0.2, 0.25) is 5.02 Å². The van der Waals surface area contributed by atoms with Crippen molar-refractivity contribution >= 4 is 31.6 Å². The van der Waals surface area contributed by atoms with Gasteiger partial charge in [-0.1, -0.05) is 23.7 Å². The van der Waals surface area contributed by atoms with Gasteiger partial charge in [0.15, 0.2) is 0 Å². The lowest BCUT2D eigenvalue weighted by atomic mass is 10.2. The molecule has 1 heterocycles. The quantitative estimate of drug-likeness (QED) is 0.783. The number of halogens is 1. The van der Waals surface area contributed by atoms with Crippen LogP contribution < -0.4 is 0 Å². The highest BCUT2D eigenvalue weighted by molar-refractivity contribution is 7.89. The zero-order valence-corrected chi connectivity index (χ0v) is 14.7. The van der Waals surface area contributed by atoms with E-state index in [1.54, 1.807) is 31.2 Å². The molecular formula is C13H19ClN2O4S2. The van der Waals surface area contributed by atoms with E-state index in [1.807, 2.05) is 0 Å². The van der Waals surface area contributed by atoms with Crippen LogP contribution in [0.4, 0.5) is 0 Å². The molecule has 22 heavy (non-hydrogen) atoms. The lowest BCUT2D eigenvalue weighted by Crippen LogP contribution is -2.51. The Hall–Kier alpha value is -0.670. The largest absolute Gasteiger partial charge is 0.218 e. The van der Waals surface area contributed by atoms with Crippen LogP contribution in [0.25, 0.3) is 0 Å². The maximum absolute atomic E-state index is 12.4. The van der Waals surface area contributed by atoms with E-state index < -0.39 is 20.0 Å². The summed E-state index contributed by atoms with van der Waals surface area (Å²) < 4.78 is 51.0. The van der Waals surface area contributed by atoms with E-state index in [-0.39, 0.29) is 37.7 Å². The number of benzene rings is 1. The lowest BCUT2D eigenvalue weighted by Gasteiger charge is -2.33. The maximum atomic E-state index is 12.4. The van der Waals surface area contributed by atoms with Crippen LogP contribution in [0, 0.1) is 0 Å². The number of nitrogens with zero attached hydrogens (tertiary/aromatic N) is 2. The van der Waals surface area contributed by atoms with Gasteiger partial charge in [0.25, 0.3) is 0 Å². The summed E-state index contributed by atoms with van der Waals surface area (Å²) in [5.74, 6) is -0.0742. The summed E-state index contributed by atoms with van der Waals surface area (Å²) in [6, 6.07) is 6.66.